The monoisotopic (exact) mass is 463 g/mol. The normalized spacial score (nSPS) is 16.7. The third-order valence-corrected chi connectivity index (χ3v) is 4.96. The molecule has 1 aromatic carbocycles. The lowest BCUT2D eigenvalue weighted by Crippen LogP contribution is -2.47. The summed E-state index contributed by atoms with van der Waals surface area (Å²) >= 11 is 6.36. The quantitative estimate of drug-likeness (QED) is 0.597. The van der Waals surface area contributed by atoms with Crippen molar-refractivity contribution in [1.82, 2.24) is 9.88 Å². The lowest BCUT2D eigenvalue weighted by molar-refractivity contribution is -0.136. The zero-order chi connectivity index (χ0) is 23.8. The van der Waals surface area contributed by atoms with Crippen molar-refractivity contribution in [2.45, 2.75) is 46.3 Å². The van der Waals surface area contributed by atoms with Gasteiger partial charge in [-0.3, -0.25) is 0 Å². The molecule has 2 aromatic rings. The van der Waals surface area contributed by atoms with Crippen LogP contribution in [0.5, 0.6) is 0 Å². The van der Waals surface area contributed by atoms with Crippen LogP contribution in [0.15, 0.2) is 45.3 Å². The number of nitrogens with zero attached hydrogens (tertiary/aromatic N) is 3. The van der Waals surface area contributed by atoms with E-state index in [9.17, 15) is 14.0 Å². The number of carbonyl (C=O) groups excluding carboxylic acids is 2. The fourth-order valence-electron chi connectivity index (χ4n) is 3.30. The zero-order valence-corrected chi connectivity index (χ0v) is 19.3. The van der Waals surface area contributed by atoms with Gasteiger partial charge in [0.1, 0.15) is 28.9 Å². The number of aromatic nitrogens is 1. The number of hydrogen-bond acceptors (Lipinski definition) is 7. The molecule has 3 rings (SSSR count). The Bertz CT molecular complexity index is 1130. The molecule has 0 aliphatic carbocycles. The van der Waals surface area contributed by atoms with Gasteiger partial charge in [-0.2, -0.15) is 0 Å². The number of methoxy groups -OCH3 is 1. The molecule has 8 nitrogen and oxygen atoms in total. The molecule has 0 radical (unpaired) electrons. The van der Waals surface area contributed by atoms with Gasteiger partial charge in [0.25, 0.3) is 0 Å². The van der Waals surface area contributed by atoms with E-state index in [4.69, 9.17) is 25.5 Å². The maximum absolute atomic E-state index is 13.8. The predicted molar refractivity (Wildman–Crippen MR) is 115 cm³/mol. The van der Waals surface area contributed by atoms with E-state index in [-0.39, 0.29) is 33.4 Å². The average Bonchev–Trinajstić information content (AvgIpc) is 3.11. The van der Waals surface area contributed by atoms with Crippen LogP contribution in [0.1, 0.15) is 50.8 Å². The van der Waals surface area contributed by atoms with Gasteiger partial charge in [0.2, 0.25) is 0 Å². The second-order valence-electron chi connectivity index (χ2n) is 8.10. The highest BCUT2D eigenvalue weighted by Crippen LogP contribution is 2.41. The van der Waals surface area contributed by atoms with Crippen molar-refractivity contribution in [2.75, 3.05) is 7.11 Å². The first-order chi connectivity index (χ1) is 14.9. The Kier molecular flexibility index (Phi) is 6.41. The zero-order valence-electron chi connectivity index (χ0n) is 18.5. The summed E-state index contributed by atoms with van der Waals surface area (Å²) < 4.78 is 29.7. The third-order valence-electron chi connectivity index (χ3n) is 4.63. The molecule has 10 heteroatoms. The van der Waals surface area contributed by atoms with Gasteiger partial charge in [-0.1, -0.05) is 17.7 Å². The molecule has 1 aliphatic rings. The highest BCUT2D eigenvalue weighted by Gasteiger charge is 2.44. The van der Waals surface area contributed by atoms with Crippen molar-refractivity contribution in [3.63, 3.8) is 0 Å². The summed E-state index contributed by atoms with van der Waals surface area (Å²) in [5.41, 5.74) is 0.0330. The lowest BCUT2D eigenvalue weighted by atomic mass is 9.93. The molecule has 32 heavy (non-hydrogen) atoms. The molecular weight excluding hydrogens is 441 g/mol. The molecule has 1 aromatic heterocycles. The first-order valence-electron chi connectivity index (χ1n) is 9.70. The van der Waals surface area contributed by atoms with Gasteiger partial charge in [0.15, 0.2) is 12.2 Å². The van der Waals surface area contributed by atoms with Crippen LogP contribution in [0.2, 0.25) is 5.02 Å². The first-order valence-corrected chi connectivity index (χ1v) is 10.1. The molecule has 2 heterocycles. The fourth-order valence-corrected chi connectivity index (χ4v) is 3.57. The van der Waals surface area contributed by atoms with Crippen LogP contribution in [0.25, 0.3) is 0 Å². The molecule has 1 amide bonds. The number of amides is 1. The van der Waals surface area contributed by atoms with Gasteiger partial charge >= 0.3 is 12.1 Å². The Labute approximate surface area is 189 Å². The number of allylic oxidation sites excluding steroid dienone is 1. The lowest BCUT2D eigenvalue weighted by Gasteiger charge is -2.37. The second kappa shape index (κ2) is 8.74. The minimum Gasteiger partial charge on any atom is -0.466 e. The van der Waals surface area contributed by atoms with E-state index in [1.165, 1.54) is 25.6 Å². The van der Waals surface area contributed by atoms with Crippen LogP contribution in [0, 0.1) is 12.7 Å². The van der Waals surface area contributed by atoms with E-state index < -0.39 is 29.5 Å². The number of aryl methyl sites for hydroxylation is 1. The minimum atomic E-state index is -1.12. The molecule has 0 spiro atoms. The Morgan fingerprint density at radius 3 is 2.47 bits per heavy atom. The largest absolute Gasteiger partial charge is 0.466 e. The molecule has 1 aliphatic heterocycles. The molecule has 0 fully saturated rings. The topological polar surface area (TPSA) is 94.2 Å². The van der Waals surface area contributed by atoms with Crippen molar-refractivity contribution in [1.29, 1.82) is 0 Å². The van der Waals surface area contributed by atoms with Crippen molar-refractivity contribution < 1.29 is 27.9 Å². The van der Waals surface area contributed by atoms with Gasteiger partial charge < -0.3 is 13.9 Å². The summed E-state index contributed by atoms with van der Waals surface area (Å²) in [4.78, 5) is 36.0. The highest BCUT2D eigenvalue weighted by molar-refractivity contribution is 6.31. The molecule has 0 unspecified atom stereocenters. The Hall–Kier alpha value is -3.20. The van der Waals surface area contributed by atoms with Gasteiger partial charge in [-0.25, -0.2) is 28.9 Å². The Balaban J connectivity index is 2.33. The second-order valence-corrected chi connectivity index (χ2v) is 8.51. The molecular formula is C22H23ClFN3O5. The number of ether oxygens (including phenoxy) is 2. The number of carbonyl (C=O) groups is 2. The maximum atomic E-state index is 13.8. The number of halogens is 2. The van der Waals surface area contributed by atoms with Gasteiger partial charge in [-0.15, -0.1) is 0 Å². The number of amidine groups is 1. The molecule has 0 bridgehead atoms. The van der Waals surface area contributed by atoms with Gasteiger partial charge in [-0.05, 0) is 52.3 Å². The summed E-state index contributed by atoms with van der Waals surface area (Å²) in [6.45, 7) is 8.37. The number of aliphatic imine (C=N–C) groups is 1. The number of hydrogen-bond donors (Lipinski definition) is 0. The Morgan fingerprint density at radius 2 is 1.94 bits per heavy atom. The Morgan fingerprint density at radius 1 is 1.25 bits per heavy atom. The van der Waals surface area contributed by atoms with Crippen molar-refractivity contribution in [3.05, 3.63) is 63.7 Å². The fraction of sp³-hybridized carbons (Fsp3) is 0.364. The van der Waals surface area contributed by atoms with E-state index >= 15 is 0 Å². The standard InChI is InChI=1S/C22H23ClFN3O5/c1-11-16(20(28)30-6)18(14-8-7-13(24)9-15(14)23)27(21(29)32-22(3,4)5)19(26-11)17-12(2)31-10-25-17/h7-10,18H,1-6H3/t18-/m1/s1. The van der Waals surface area contributed by atoms with Crippen LogP contribution in [-0.2, 0) is 14.3 Å². The molecule has 170 valence electrons. The van der Waals surface area contributed by atoms with Crippen LogP contribution in [-0.4, -0.2) is 40.5 Å². The van der Waals surface area contributed by atoms with Gasteiger partial charge in [0, 0.05) is 5.02 Å². The van der Waals surface area contributed by atoms with E-state index in [0.29, 0.717) is 5.76 Å². The minimum absolute atomic E-state index is 0.0101. The van der Waals surface area contributed by atoms with Crippen LogP contribution < -0.4 is 0 Å². The number of esters is 1. The predicted octanol–water partition coefficient (Wildman–Crippen LogP) is 4.96. The number of benzene rings is 1. The third kappa shape index (κ3) is 4.52. The highest BCUT2D eigenvalue weighted by atomic mass is 35.5. The van der Waals surface area contributed by atoms with E-state index in [1.807, 2.05) is 0 Å². The number of oxazole rings is 1. The molecule has 0 saturated carbocycles. The van der Waals surface area contributed by atoms with Crippen LogP contribution in [0.3, 0.4) is 0 Å². The average molecular weight is 464 g/mol. The summed E-state index contributed by atoms with van der Waals surface area (Å²) in [7, 11) is 1.21. The SMILES string of the molecule is COC(=O)C1=C(C)N=C(c2ncoc2C)N(C(=O)OC(C)(C)C)[C@@H]1c1ccc(F)cc1Cl. The molecule has 0 N–H and O–H groups in total. The van der Waals surface area contributed by atoms with Gasteiger partial charge in [0.05, 0.1) is 18.4 Å². The van der Waals surface area contributed by atoms with Crippen molar-refractivity contribution >= 4 is 29.5 Å². The van der Waals surface area contributed by atoms with E-state index in [1.54, 1.807) is 34.6 Å². The summed E-state index contributed by atoms with van der Waals surface area (Å²) in [5.74, 6) is -0.794. The summed E-state index contributed by atoms with van der Waals surface area (Å²) in [5, 5.41) is 0.0101. The molecule has 1 atom stereocenters. The van der Waals surface area contributed by atoms with Crippen LogP contribution >= 0.6 is 11.6 Å². The summed E-state index contributed by atoms with van der Waals surface area (Å²) in [6.07, 6.45) is 0.410. The van der Waals surface area contributed by atoms with E-state index in [2.05, 4.69) is 9.98 Å². The first kappa shape index (κ1) is 23.5. The van der Waals surface area contributed by atoms with E-state index in [0.717, 1.165) is 11.0 Å². The summed E-state index contributed by atoms with van der Waals surface area (Å²) in [6, 6.07) is 2.57. The maximum Gasteiger partial charge on any atom is 0.416 e. The smallest absolute Gasteiger partial charge is 0.416 e. The number of rotatable bonds is 3. The van der Waals surface area contributed by atoms with Crippen LogP contribution in [0.4, 0.5) is 9.18 Å². The van der Waals surface area contributed by atoms with Crippen molar-refractivity contribution in [2.24, 2.45) is 4.99 Å². The van der Waals surface area contributed by atoms with Crippen molar-refractivity contribution in [3.8, 4) is 0 Å². The molecule has 0 saturated heterocycles.